The van der Waals surface area contributed by atoms with Gasteiger partial charge in [-0.05, 0) is 24.1 Å². The van der Waals surface area contributed by atoms with Crippen LogP contribution >= 0.6 is 23.2 Å². The third-order valence-electron chi connectivity index (χ3n) is 4.15. The van der Waals surface area contributed by atoms with Crippen LogP contribution in [0.5, 0.6) is 5.75 Å². The van der Waals surface area contributed by atoms with Gasteiger partial charge in [-0.1, -0.05) is 36.2 Å². The van der Waals surface area contributed by atoms with Gasteiger partial charge in [0.2, 0.25) is 0 Å². The Morgan fingerprint density at radius 2 is 1.79 bits per heavy atom. The Hall–Kier alpha value is -2.32. The minimum atomic E-state index is -6.44. The van der Waals surface area contributed by atoms with Gasteiger partial charge in [-0.15, -0.1) is 0 Å². The molecular weight excluding hydrogens is 529 g/mol. The number of carbonyl (C=O) groups is 1. The van der Waals surface area contributed by atoms with E-state index in [9.17, 15) is 39.9 Å². The van der Waals surface area contributed by atoms with Crippen molar-refractivity contribution in [3.8, 4) is 5.75 Å². The number of nitrogens with zero attached hydrogens (tertiary/aromatic N) is 2. The van der Waals surface area contributed by atoms with Crippen LogP contribution < -0.4 is 10.1 Å². The van der Waals surface area contributed by atoms with Crippen molar-refractivity contribution in [3.63, 3.8) is 0 Å². The maximum atomic E-state index is 13.7. The molecule has 16 heteroatoms. The van der Waals surface area contributed by atoms with E-state index in [0.29, 0.717) is 12.1 Å². The molecule has 190 valence electrons. The third-order valence-corrected chi connectivity index (χ3v) is 4.84. The van der Waals surface area contributed by atoms with E-state index in [-0.39, 0.29) is 22.8 Å². The van der Waals surface area contributed by atoms with E-state index in [0.717, 1.165) is 18.2 Å². The smallest absolute Gasteiger partial charge is 0.427 e. The first-order chi connectivity index (χ1) is 15.5. The van der Waals surface area contributed by atoms with Crippen LogP contribution in [0, 0.1) is 0 Å². The molecule has 1 N–H and O–H groups in total. The van der Waals surface area contributed by atoms with Crippen molar-refractivity contribution in [2.24, 2.45) is 7.05 Å². The summed E-state index contributed by atoms with van der Waals surface area (Å²) in [4.78, 5) is 12.4. The minimum Gasteiger partial charge on any atom is -0.427 e. The molecule has 0 saturated heterocycles. The first-order valence-corrected chi connectivity index (χ1v) is 9.87. The molecule has 0 bridgehead atoms. The first-order valence-electron chi connectivity index (χ1n) is 9.11. The molecule has 0 aliphatic heterocycles. The standard InChI is InChI=1S/C18H15Cl2F8N3O3/c1-3-10-12(20)13(31(2)30-10)14(32)29-7-8-4-5-11(9(19)6-8)33-16(22,23)15(21)34-18(27,28)17(24,25)26/h4-6,15H,3,7H2,1-2H3,(H,29,32). The number of alkyl halides is 8. The lowest BCUT2D eigenvalue weighted by atomic mass is 10.2. The second-order valence-corrected chi connectivity index (χ2v) is 7.43. The van der Waals surface area contributed by atoms with E-state index in [1.54, 1.807) is 6.92 Å². The zero-order chi connectivity index (χ0) is 26.1. The first kappa shape index (κ1) is 27.9. The molecule has 2 rings (SSSR count). The van der Waals surface area contributed by atoms with Crippen molar-refractivity contribution in [2.45, 2.75) is 44.6 Å². The molecule has 6 nitrogen and oxygen atoms in total. The molecule has 1 unspecified atom stereocenters. The van der Waals surface area contributed by atoms with Crippen molar-refractivity contribution < 1.29 is 49.4 Å². The lowest BCUT2D eigenvalue weighted by Crippen LogP contribution is -2.48. The molecule has 0 radical (unpaired) electrons. The second-order valence-electron chi connectivity index (χ2n) is 6.65. The van der Waals surface area contributed by atoms with Crippen LogP contribution in [0.4, 0.5) is 35.1 Å². The zero-order valence-electron chi connectivity index (χ0n) is 17.1. The number of amides is 1. The van der Waals surface area contributed by atoms with Crippen molar-refractivity contribution in [1.82, 2.24) is 15.1 Å². The van der Waals surface area contributed by atoms with E-state index < -0.39 is 41.4 Å². The summed E-state index contributed by atoms with van der Waals surface area (Å²) >= 11 is 11.9. The largest absolute Gasteiger partial charge is 0.483 e. The van der Waals surface area contributed by atoms with E-state index in [4.69, 9.17) is 23.2 Å². The average molecular weight is 544 g/mol. The second kappa shape index (κ2) is 10.1. The Kier molecular flexibility index (Phi) is 8.31. The van der Waals surface area contributed by atoms with Gasteiger partial charge in [0, 0.05) is 13.6 Å². The molecule has 1 heterocycles. The molecule has 1 amide bonds. The number of hydrogen-bond acceptors (Lipinski definition) is 4. The van der Waals surface area contributed by atoms with Gasteiger partial charge in [0.1, 0.15) is 11.4 Å². The predicted octanol–water partition coefficient (Wildman–Crippen LogP) is 5.66. The van der Waals surface area contributed by atoms with E-state index in [1.165, 1.54) is 11.7 Å². The number of rotatable bonds is 9. The summed E-state index contributed by atoms with van der Waals surface area (Å²) in [7, 11) is 1.50. The van der Waals surface area contributed by atoms with Crippen molar-refractivity contribution >= 4 is 29.1 Å². The van der Waals surface area contributed by atoms with Crippen molar-refractivity contribution in [3.05, 3.63) is 45.2 Å². The maximum absolute atomic E-state index is 13.7. The fourth-order valence-corrected chi connectivity index (χ4v) is 3.11. The molecule has 34 heavy (non-hydrogen) atoms. The molecule has 2 aromatic rings. The highest BCUT2D eigenvalue weighted by Crippen LogP contribution is 2.41. The Bertz CT molecular complexity index is 1050. The molecule has 1 aromatic heterocycles. The normalized spacial score (nSPS) is 13.6. The number of carbonyl (C=O) groups excluding carboxylic acids is 1. The van der Waals surface area contributed by atoms with Gasteiger partial charge < -0.3 is 10.1 Å². The Labute approximate surface area is 196 Å². The molecule has 0 spiro atoms. The highest BCUT2D eigenvalue weighted by molar-refractivity contribution is 6.34. The van der Waals surface area contributed by atoms with Crippen LogP contribution in [0.15, 0.2) is 18.2 Å². The highest BCUT2D eigenvalue weighted by atomic mass is 35.5. The number of nitrogens with one attached hydrogen (secondary N) is 1. The summed E-state index contributed by atoms with van der Waals surface area (Å²) in [6, 6.07) is 2.87. The van der Waals surface area contributed by atoms with Gasteiger partial charge in [0.25, 0.3) is 5.91 Å². The Morgan fingerprint density at radius 3 is 2.29 bits per heavy atom. The van der Waals surface area contributed by atoms with Gasteiger partial charge in [0.05, 0.1) is 15.7 Å². The van der Waals surface area contributed by atoms with Gasteiger partial charge in [0.15, 0.2) is 0 Å². The monoisotopic (exact) mass is 543 g/mol. The van der Waals surface area contributed by atoms with Gasteiger partial charge in [-0.2, -0.15) is 35.8 Å². The molecular formula is C18H15Cl2F8N3O3. The number of ether oxygens (including phenoxy) is 2. The average Bonchev–Trinajstić information content (AvgIpc) is 3.00. The molecule has 0 aliphatic rings. The van der Waals surface area contributed by atoms with Gasteiger partial charge in [-0.25, -0.2) is 4.39 Å². The number of halogens is 10. The quantitative estimate of drug-likeness (QED) is 0.414. The fourth-order valence-electron chi connectivity index (χ4n) is 2.49. The lowest BCUT2D eigenvalue weighted by molar-refractivity contribution is -0.442. The lowest BCUT2D eigenvalue weighted by Gasteiger charge is -2.26. The molecule has 0 saturated carbocycles. The maximum Gasteiger partial charge on any atom is 0.483 e. The Morgan fingerprint density at radius 1 is 1.18 bits per heavy atom. The summed E-state index contributed by atoms with van der Waals surface area (Å²) < 4.78 is 110. The number of benzene rings is 1. The van der Waals surface area contributed by atoms with E-state index >= 15 is 0 Å². The van der Waals surface area contributed by atoms with Crippen LogP contribution in [0.2, 0.25) is 10.0 Å². The van der Waals surface area contributed by atoms with Crippen LogP contribution in [-0.2, 0) is 24.8 Å². The van der Waals surface area contributed by atoms with E-state index in [1.807, 2.05) is 0 Å². The van der Waals surface area contributed by atoms with Crippen molar-refractivity contribution in [1.29, 1.82) is 0 Å². The predicted molar refractivity (Wildman–Crippen MR) is 103 cm³/mol. The summed E-state index contributed by atoms with van der Waals surface area (Å²) in [5.41, 5.74) is 0.788. The number of aromatic nitrogens is 2. The SMILES string of the molecule is CCc1nn(C)c(C(=O)NCc2ccc(OC(F)(F)C(F)OC(F)(F)C(F)(F)F)c(Cl)c2)c1Cl. The van der Waals surface area contributed by atoms with Crippen LogP contribution in [-0.4, -0.2) is 40.4 Å². The topological polar surface area (TPSA) is 65.4 Å². The summed E-state index contributed by atoms with van der Waals surface area (Å²) in [5, 5.41) is 6.12. The van der Waals surface area contributed by atoms with Gasteiger partial charge >= 0.3 is 24.8 Å². The molecule has 1 atom stereocenters. The van der Waals surface area contributed by atoms with Crippen LogP contribution in [0.3, 0.4) is 0 Å². The molecule has 0 fully saturated rings. The van der Waals surface area contributed by atoms with Crippen LogP contribution in [0.1, 0.15) is 28.7 Å². The summed E-state index contributed by atoms with van der Waals surface area (Å²) in [6.45, 7) is 1.59. The molecule has 1 aromatic carbocycles. The summed E-state index contributed by atoms with van der Waals surface area (Å²) in [5.74, 6) is -1.57. The number of aryl methyl sites for hydroxylation is 2. The minimum absolute atomic E-state index is 0.0638. The van der Waals surface area contributed by atoms with Crippen molar-refractivity contribution in [2.75, 3.05) is 0 Å². The number of hydrogen-bond donors (Lipinski definition) is 1. The molecule has 0 aliphatic carbocycles. The fraction of sp³-hybridized carbons (Fsp3) is 0.444. The third kappa shape index (κ3) is 6.21. The zero-order valence-corrected chi connectivity index (χ0v) is 18.6. The highest BCUT2D eigenvalue weighted by Gasteiger charge is 2.64. The summed E-state index contributed by atoms with van der Waals surface area (Å²) in [6.07, 6.45) is -21.9. The Balaban J connectivity index is 2.07. The van der Waals surface area contributed by atoms with Gasteiger partial charge in [-0.3, -0.25) is 14.2 Å². The van der Waals surface area contributed by atoms with Crippen LogP contribution in [0.25, 0.3) is 0 Å². The van der Waals surface area contributed by atoms with E-state index in [2.05, 4.69) is 19.9 Å².